The third-order valence-electron chi connectivity index (χ3n) is 13.7. The van der Waals surface area contributed by atoms with Crippen molar-refractivity contribution in [1.82, 2.24) is 15.0 Å². The van der Waals surface area contributed by atoms with Crippen LogP contribution in [-0.2, 0) is 10.8 Å². The van der Waals surface area contributed by atoms with Gasteiger partial charge in [0.1, 0.15) is 0 Å². The molecule has 1 heterocycles. The number of rotatable bonds is 5. The summed E-state index contributed by atoms with van der Waals surface area (Å²) in [6, 6.07) is 32.9. The second kappa shape index (κ2) is 12.9. The van der Waals surface area contributed by atoms with Crippen LogP contribution in [0.1, 0.15) is 109 Å². The van der Waals surface area contributed by atoms with Crippen molar-refractivity contribution in [2.24, 2.45) is 35.5 Å². The van der Waals surface area contributed by atoms with Crippen molar-refractivity contribution in [2.75, 3.05) is 0 Å². The molecule has 264 valence electrons. The highest BCUT2D eigenvalue weighted by Crippen LogP contribution is 2.55. The van der Waals surface area contributed by atoms with Crippen molar-refractivity contribution >= 4 is 10.8 Å². The minimum Gasteiger partial charge on any atom is -0.208 e. The predicted octanol–water partition coefficient (Wildman–Crippen LogP) is 12.1. The van der Waals surface area contributed by atoms with Crippen LogP contribution >= 0.6 is 0 Å². The van der Waals surface area contributed by atoms with Crippen molar-refractivity contribution in [3.8, 4) is 40.2 Å². The van der Waals surface area contributed by atoms with Crippen LogP contribution in [0.15, 0.2) is 84.9 Å². The van der Waals surface area contributed by atoms with E-state index >= 15 is 0 Å². The van der Waals surface area contributed by atoms with Gasteiger partial charge in [0.2, 0.25) is 0 Å². The summed E-state index contributed by atoms with van der Waals surface area (Å²) in [5.41, 5.74) is 7.20. The van der Waals surface area contributed by atoms with Crippen molar-refractivity contribution in [2.45, 2.75) is 103 Å². The Kier molecular flexibility index (Phi) is 8.33. The normalized spacial score (nSPS) is 31.2. The largest absolute Gasteiger partial charge is 0.208 e. The predicted molar refractivity (Wildman–Crippen MR) is 212 cm³/mol. The van der Waals surface area contributed by atoms with Crippen molar-refractivity contribution < 1.29 is 0 Å². The number of hydrogen-bond acceptors (Lipinski definition) is 4. The van der Waals surface area contributed by atoms with Crippen LogP contribution < -0.4 is 0 Å². The standard InChI is InChI=1S/C48H52N4/c1-30-18-34-19-31(2)24-47(23-30,27-34)41-13-8-36(9-14-41)44-50-45(52-46(51-44)39-12-17-43-38(22-39)6-5-7-40(43)29-49)37-10-15-42(16-11-37)48-25-32(3)20-35(28-48)21-33(4)26-48/h5-17,22,30-35H,18-21,23-28H2,1-4H3/t30-,31+,32-,33+,34-,35-,47?,48?. The quantitative estimate of drug-likeness (QED) is 0.185. The lowest BCUT2D eigenvalue weighted by atomic mass is 9.54. The average molecular weight is 685 g/mol. The van der Waals surface area contributed by atoms with Gasteiger partial charge in [-0.15, -0.1) is 0 Å². The van der Waals surface area contributed by atoms with E-state index in [-0.39, 0.29) is 10.8 Å². The molecule has 0 aliphatic heterocycles. The molecule has 0 radical (unpaired) electrons. The van der Waals surface area contributed by atoms with Gasteiger partial charge in [-0.3, -0.25) is 0 Å². The van der Waals surface area contributed by atoms with E-state index in [0.717, 1.165) is 63.0 Å². The molecule has 8 atom stereocenters. The Morgan fingerprint density at radius 3 is 1.38 bits per heavy atom. The second-order valence-corrected chi connectivity index (χ2v) is 18.2. The first-order chi connectivity index (χ1) is 25.2. The summed E-state index contributed by atoms with van der Waals surface area (Å²) < 4.78 is 0. The van der Waals surface area contributed by atoms with E-state index in [1.165, 1.54) is 75.3 Å². The second-order valence-electron chi connectivity index (χ2n) is 18.2. The molecule has 4 aliphatic rings. The third kappa shape index (κ3) is 6.05. The topological polar surface area (TPSA) is 62.5 Å². The molecule has 0 spiro atoms. The fourth-order valence-corrected chi connectivity index (χ4v) is 12.3. The van der Waals surface area contributed by atoms with Gasteiger partial charge < -0.3 is 0 Å². The molecule has 4 heteroatoms. The lowest BCUT2D eigenvalue weighted by Crippen LogP contribution is -2.42. The number of fused-ring (bicyclic) bond motifs is 5. The van der Waals surface area contributed by atoms with Gasteiger partial charge in [0.05, 0.1) is 11.6 Å². The summed E-state index contributed by atoms with van der Waals surface area (Å²) in [5, 5.41) is 11.7. The van der Waals surface area contributed by atoms with Crippen LogP contribution in [-0.4, -0.2) is 15.0 Å². The van der Waals surface area contributed by atoms with E-state index < -0.39 is 0 Å². The van der Waals surface area contributed by atoms with Gasteiger partial charge in [-0.25, -0.2) is 15.0 Å². The number of hydrogen-bond donors (Lipinski definition) is 0. The first-order valence-electron chi connectivity index (χ1n) is 20.1. The molecule has 4 nitrogen and oxygen atoms in total. The Bertz CT molecular complexity index is 2020. The molecule has 0 N–H and O–H groups in total. The monoisotopic (exact) mass is 684 g/mol. The van der Waals surface area contributed by atoms with Crippen LogP contribution in [0.2, 0.25) is 0 Å². The van der Waals surface area contributed by atoms with Gasteiger partial charge in [0, 0.05) is 16.7 Å². The first-order valence-corrected chi connectivity index (χ1v) is 20.1. The Balaban J connectivity index is 1.11. The minimum absolute atomic E-state index is 0.287. The highest BCUT2D eigenvalue weighted by molar-refractivity contribution is 5.91. The summed E-state index contributed by atoms with van der Waals surface area (Å²) in [6.45, 7) is 9.84. The molecular formula is C48H52N4. The molecule has 0 saturated heterocycles. The van der Waals surface area contributed by atoms with E-state index in [1.54, 1.807) is 0 Å². The number of aromatic nitrogens is 3. The molecule has 9 rings (SSSR count). The molecule has 0 amide bonds. The molecule has 52 heavy (non-hydrogen) atoms. The van der Waals surface area contributed by atoms with Crippen molar-refractivity contribution in [1.29, 1.82) is 5.26 Å². The van der Waals surface area contributed by atoms with Crippen LogP contribution in [0.3, 0.4) is 0 Å². The van der Waals surface area contributed by atoms with Gasteiger partial charge in [-0.2, -0.15) is 5.26 Å². The molecular weight excluding hydrogens is 633 g/mol. The molecule has 4 aliphatic carbocycles. The lowest BCUT2D eigenvalue weighted by Gasteiger charge is -2.50. The zero-order valence-electron chi connectivity index (χ0n) is 31.4. The summed E-state index contributed by atoms with van der Waals surface area (Å²) in [4.78, 5) is 15.5. The molecule has 4 bridgehead atoms. The lowest BCUT2D eigenvalue weighted by molar-refractivity contribution is 0.0779. The molecule has 4 saturated carbocycles. The summed E-state index contributed by atoms with van der Waals surface area (Å²) >= 11 is 0. The Morgan fingerprint density at radius 1 is 0.519 bits per heavy atom. The van der Waals surface area contributed by atoms with Gasteiger partial charge in [0.15, 0.2) is 17.5 Å². The number of nitriles is 1. The average Bonchev–Trinajstić information content (AvgIpc) is 3.13. The maximum Gasteiger partial charge on any atom is 0.164 e. The molecule has 4 aromatic carbocycles. The molecule has 2 unspecified atom stereocenters. The van der Waals surface area contributed by atoms with Gasteiger partial charge in [-0.1, -0.05) is 100 Å². The minimum atomic E-state index is 0.287. The van der Waals surface area contributed by atoms with Gasteiger partial charge in [-0.05, 0) is 145 Å². The van der Waals surface area contributed by atoms with Crippen LogP contribution in [0.25, 0.3) is 44.9 Å². The molecule has 4 fully saturated rings. The van der Waals surface area contributed by atoms with E-state index in [4.69, 9.17) is 15.0 Å². The van der Waals surface area contributed by atoms with Crippen molar-refractivity contribution in [3.63, 3.8) is 0 Å². The summed E-state index contributed by atoms with van der Waals surface area (Å²) in [7, 11) is 0. The Morgan fingerprint density at radius 2 is 0.942 bits per heavy atom. The van der Waals surface area contributed by atoms with Gasteiger partial charge >= 0.3 is 0 Å². The molecule has 1 aromatic heterocycles. The fourth-order valence-electron chi connectivity index (χ4n) is 12.3. The van der Waals surface area contributed by atoms with E-state index in [0.29, 0.717) is 23.0 Å². The smallest absolute Gasteiger partial charge is 0.164 e. The maximum absolute atomic E-state index is 9.72. The highest BCUT2D eigenvalue weighted by atomic mass is 15.0. The van der Waals surface area contributed by atoms with E-state index in [2.05, 4.69) is 94.4 Å². The molecule has 5 aromatic rings. The van der Waals surface area contributed by atoms with Gasteiger partial charge in [0.25, 0.3) is 0 Å². The number of nitrogens with zero attached hydrogens (tertiary/aromatic N) is 4. The zero-order valence-corrected chi connectivity index (χ0v) is 31.4. The maximum atomic E-state index is 9.72. The summed E-state index contributed by atoms with van der Waals surface area (Å²) in [6.07, 6.45) is 13.3. The third-order valence-corrected chi connectivity index (χ3v) is 13.7. The SMILES string of the molecule is C[C@@H]1C[C@@H]2C[C@H](C)CC(c3ccc(-c4nc(-c5ccc(C67C[C@H](C)C[C@H](C[C@H](C)C6)C7)cc5)nc(-c5ccc6c(C#N)cccc6c5)n4)cc3)(C1)C2. The van der Waals surface area contributed by atoms with Crippen LogP contribution in [0.5, 0.6) is 0 Å². The zero-order chi connectivity index (χ0) is 35.6. The van der Waals surface area contributed by atoms with Crippen molar-refractivity contribution in [3.05, 3.63) is 102 Å². The first kappa shape index (κ1) is 33.5. The van der Waals surface area contributed by atoms with E-state index in [9.17, 15) is 5.26 Å². The summed E-state index contributed by atoms with van der Waals surface area (Å²) in [5.74, 6) is 6.88. The Hall–Kier alpha value is -4.36. The van der Waals surface area contributed by atoms with E-state index in [1.807, 2.05) is 24.3 Å². The fraction of sp³-hybridized carbons (Fsp3) is 0.458. The van der Waals surface area contributed by atoms with Crippen LogP contribution in [0.4, 0.5) is 0 Å². The highest BCUT2D eigenvalue weighted by Gasteiger charge is 2.46. The Labute approximate surface area is 310 Å². The van der Waals surface area contributed by atoms with Crippen LogP contribution in [0, 0.1) is 46.8 Å². The number of benzene rings is 4.